The van der Waals surface area contributed by atoms with Crippen molar-refractivity contribution in [1.29, 1.82) is 0 Å². The zero-order chi connectivity index (χ0) is 16.1. The van der Waals surface area contributed by atoms with Crippen LogP contribution >= 0.6 is 0 Å². The van der Waals surface area contributed by atoms with E-state index in [-0.39, 0.29) is 11.9 Å². The number of amides is 2. The van der Waals surface area contributed by atoms with E-state index in [0.717, 1.165) is 32.5 Å². The number of nitrogens with zero attached hydrogens (tertiary/aromatic N) is 2. The molecule has 2 heterocycles. The SMILES string of the molecule is CC1=CCN(CCNC(=O)N2CCC(C)C(C(=O)O)C2)CC1. The van der Waals surface area contributed by atoms with Crippen LogP contribution in [-0.2, 0) is 4.79 Å². The molecule has 0 aromatic carbocycles. The van der Waals surface area contributed by atoms with E-state index in [1.54, 1.807) is 4.90 Å². The molecular weight excluding hydrogens is 282 g/mol. The number of piperidine rings is 1. The fourth-order valence-corrected chi connectivity index (χ4v) is 3.02. The fraction of sp³-hybridized carbons (Fsp3) is 0.750. The molecule has 2 unspecified atom stereocenters. The van der Waals surface area contributed by atoms with Crippen molar-refractivity contribution in [1.82, 2.24) is 15.1 Å². The zero-order valence-corrected chi connectivity index (χ0v) is 13.5. The molecule has 2 amide bonds. The third-order valence-corrected chi connectivity index (χ3v) is 4.79. The molecule has 1 fully saturated rings. The van der Waals surface area contributed by atoms with Gasteiger partial charge in [-0.15, -0.1) is 0 Å². The van der Waals surface area contributed by atoms with Gasteiger partial charge in [-0.25, -0.2) is 4.79 Å². The maximum atomic E-state index is 12.2. The van der Waals surface area contributed by atoms with Gasteiger partial charge < -0.3 is 15.3 Å². The molecule has 22 heavy (non-hydrogen) atoms. The van der Waals surface area contributed by atoms with Gasteiger partial charge in [0, 0.05) is 39.3 Å². The molecule has 0 aromatic heterocycles. The van der Waals surface area contributed by atoms with Crippen LogP contribution in [0.5, 0.6) is 0 Å². The smallest absolute Gasteiger partial charge is 0.317 e. The van der Waals surface area contributed by atoms with E-state index in [1.807, 2.05) is 6.92 Å². The number of carbonyl (C=O) groups is 2. The van der Waals surface area contributed by atoms with Gasteiger partial charge >= 0.3 is 12.0 Å². The number of aliphatic carboxylic acids is 1. The lowest BCUT2D eigenvalue weighted by atomic mass is 9.87. The van der Waals surface area contributed by atoms with Crippen molar-refractivity contribution < 1.29 is 14.7 Å². The van der Waals surface area contributed by atoms with Crippen molar-refractivity contribution in [2.45, 2.75) is 26.7 Å². The highest BCUT2D eigenvalue weighted by Crippen LogP contribution is 2.23. The normalized spacial score (nSPS) is 26.5. The Morgan fingerprint density at radius 1 is 1.41 bits per heavy atom. The molecule has 2 aliphatic heterocycles. The average Bonchev–Trinajstić information content (AvgIpc) is 2.49. The second-order valence-electron chi connectivity index (χ2n) is 6.49. The van der Waals surface area contributed by atoms with Crippen molar-refractivity contribution in [3.63, 3.8) is 0 Å². The van der Waals surface area contributed by atoms with Crippen LogP contribution in [0.15, 0.2) is 11.6 Å². The first kappa shape index (κ1) is 16.8. The van der Waals surface area contributed by atoms with Gasteiger partial charge in [0.25, 0.3) is 0 Å². The maximum Gasteiger partial charge on any atom is 0.317 e. The fourth-order valence-electron chi connectivity index (χ4n) is 3.02. The zero-order valence-electron chi connectivity index (χ0n) is 13.5. The maximum absolute atomic E-state index is 12.2. The molecule has 2 atom stereocenters. The van der Waals surface area contributed by atoms with E-state index >= 15 is 0 Å². The predicted molar refractivity (Wildman–Crippen MR) is 84.7 cm³/mol. The summed E-state index contributed by atoms with van der Waals surface area (Å²) in [5.41, 5.74) is 1.43. The Morgan fingerprint density at radius 3 is 2.82 bits per heavy atom. The Kier molecular flexibility index (Phi) is 5.83. The van der Waals surface area contributed by atoms with E-state index in [0.29, 0.717) is 19.6 Å². The lowest BCUT2D eigenvalue weighted by Crippen LogP contribution is -2.50. The van der Waals surface area contributed by atoms with Crippen LogP contribution in [0.4, 0.5) is 4.79 Å². The molecule has 0 radical (unpaired) electrons. The van der Waals surface area contributed by atoms with Gasteiger partial charge in [0.2, 0.25) is 0 Å². The number of hydrogen-bond donors (Lipinski definition) is 2. The van der Waals surface area contributed by atoms with E-state index in [1.165, 1.54) is 5.57 Å². The molecular formula is C16H27N3O3. The topological polar surface area (TPSA) is 72.9 Å². The van der Waals surface area contributed by atoms with Crippen LogP contribution in [0.3, 0.4) is 0 Å². The van der Waals surface area contributed by atoms with Crippen molar-refractivity contribution in [2.75, 3.05) is 39.3 Å². The number of nitrogens with one attached hydrogen (secondary N) is 1. The number of carboxylic acids is 1. The summed E-state index contributed by atoms with van der Waals surface area (Å²) in [4.78, 5) is 27.3. The minimum absolute atomic E-state index is 0.130. The number of carbonyl (C=O) groups excluding carboxylic acids is 1. The van der Waals surface area contributed by atoms with Crippen LogP contribution in [0, 0.1) is 11.8 Å². The summed E-state index contributed by atoms with van der Waals surface area (Å²) in [5.74, 6) is -1.12. The van der Waals surface area contributed by atoms with Gasteiger partial charge in [0.05, 0.1) is 5.92 Å². The summed E-state index contributed by atoms with van der Waals surface area (Å²) in [6.07, 6.45) is 4.08. The van der Waals surface area contributed by atoms with Gasteiger partial charge in [-0.3, -0.25) is 9.69 Å². The number of urea groups is 1. The highest BCUT2D eigenvalue weighted by molar-refractivity contribution is 5.76. The van der Waals surface area contributed by atoms with E-state index in [4.69, 9.17) is 0 Å². The van der Waals surface area contributed by atoms with Gasteiger partial charge in [-0.1, -0.05) is 18.6 Å². The van der Waals surface area contributed by atoms with Crippen LogP contribution < -0.4 is 5.32 Å². The Hall–Kier alpha value is -1.56. The summed E-state index contributed by atoms with van der Waals surface area (Å²) in [7, 11) is 0. The van der Waals surface area contributed by atoms with Crippen LogP contribution in [-0.4, -0.2) is 66.2 Å². The monoisotopic (exact) mass is 309 g/mol. The Labute approximate surface area is 132 Å². The van der Waals surface area contributed by atoms with Gasteiger partial charge in [-0.2, -0.15) is 0 Å². The molecule has 6 nitrogen and oxygen atoms in total. The molecule has 2 N–H and O–H groups in total. The number of carboxylic acid groups (broad SMARTS) is 1. The Morgan fingerprint density at radius 2 is 2.18 bits per heavy atom. The molecule has 6 heteroatoms. The van der Waals surface area contributed by atoms with Gasteiger partial charge in [0.15, 0.2) is 0 Å². The van der Waals surface area contributed by atoms with E-state index in [9.17, 15) is 14.7 Å². The average molecular weight is 309 g/mol. The quantitative estimate of drug-likeness (QED) is 0.770. The highest BCUT2D eigenvalue weighted by Gasteiger charge is 2.33. The number of rotatable bonds is 4. The molecule has 0 spiro atoms. The number of likely N-dealkylation sites (tertiary alicyclic amines) is 1. The second kappa shape index (κ2) is 7.63. The first-order valence-corrected chi connectivity index (χ1v) is 8.11. The Balaban J connectivity index is 1.72. The van der Waals surface area contributed by atoms with Crippen molar-refractivity contribution in [3.05, 3.63) is 11.6 Å². The van der Waals surface area contributed by atoms with Crippen molar-refractivity contribution in [2.24, 2.45) is 11.8 Å². The molecule has 124 valence electrons. The highest BCUT2D eigenvalue weighted by atomic mass is 16.4. The minimum Gasteiger partial charge on any atom is -0.481 e. The summed E-state index contributed by atoms with van der Waals surface area (Å²) < 4.78 is 0. The summed E-state index contributed by atoms with van der Waals surface area (Å²) in [6.45, 7) is 8.48. The van der Waals surface area contributed by atoms with Crippen molar-refractivity contribution in [3.8, 4) is 0 Å². The molecule has 0 aromatic rings. The molecule has 0 aliphatic carbocycles. The lowest BCUT2D eigenvalue weighted by molar-refractivity contribution is -0.145. The first-order chi connectivity index (χ1) is 10.5. The molecule has 0 saturated carbocycles. The largest absolute Gasteiger partial charge is 0.481 e. The molecule has 1 saturated heterocycles. The number of hydrogen-bond acceptors (Lipinski definition) is 3. The Bertz CT molecular complexity index is 450. The molecule has 2 rings (SSSR count). The predicted octanol–water partition coefficient (Wildman–Crippen LogP) is 1.39. The van der Waals surface area contributed by atoms with Crippen LogP contribution in [0.25, 0.3) is 0 Å². The standard InChI is InChI=1S/C16H27N3O3/c1-12-3-7-18(8-4-12)10-6-17-16(22)19-9-5-13(2)14(11-19)15(20)21/h3,13-14H,4-11H2,1-2H3,(H,17,22)(H,20,21). The van der Waals surface area contributed by atoms with Gasteiger partial charge in [-0.05, 0) is 25.7 Å². The first-order valence-electron chi connectivity index (χ1n) is 8.11. The minimum atomic E-state index is -0.805. The third kappa shape index (κ3) is 4.47. The van der Waals surface area contributed by atoms with Crippen molar-refractivity contribution >= 4 is 12.0 Å². The summed E-state index contributed by atoms with van der Waals surface area (Å²) in [5, 5.41) is 12.1. The summed E-state index contributed by atoms with van der Waals surface area (Å²) in [6, 6.07) is -0.137. The third-order valence-electron chi connectivity index (χ3n) is 4.79. The van der Waals surface area contributed by atoms with Crippen LogP contribution in [0.2, 0.25) is 0 Å². The second-order valence-corrected chi connectivity index (χ2v) is 6.49. The van der Waals surface area contributed by atoms with Crippen LogP contribution in [0.1, 0.15) is 26.7 Å². The molecule has 0 bridgehead atoms. The van der Waals surface area contributed by atoms with Gasteiger partial charge in [0.1, 0.15) is 0 Å². The summed E-state index contributed by atoms with van der Waals surface area (Å²) >= 11 is 0. The lowest BCUT2D eigenvalue weighted by Gasteiger charge is -2.35. The van der Waals surface area contributed by atoms with E-state index in [2.05, 4.69) is 23.2 Å². The molecule has 2 aliphatic rings. The van der Waals surface area contributed by atoms with E-state index < -0.39 is 11.9 Å².